The van der Waals surface area contributed by atoms with Crippen molar-refractivity contribution in [3.63, 3.8) is 0 Å². The molecular weight excluding hydrogens is 457 g/mol. The summed E-state index contributed by atoms with van der Waals surface area (Å²) in [6, 6.07) is 14.1. The molecule has 4 rings (SSSR count). The van der Waals surface area contributed by atoms with Crippen LogP contribution in [0.15, 0.2) is 59.0 Å². The highest BCUT2D eigenvalue weighted by Gasteiger charge is 2.11. The number of rotatable bonds is 5. The Morgan fingerprint density at radius 3 is 2.74 bits per heavy atom. The highest BCUT2D eigenvalue weighted by Crippen LogP contribution is 2.34. The molecule has 0 saturated heterocycles. The lowest BCUT2D eigenvalue weighted by Gasteiger charge is -2.01. The molecule has 156 valence electrons. The molecule has 2 N–H and O–H groups in total. The SMILES string of the molecule is CC(=O)Nc1ccc2nc(NC(=O)C=Cc3ccc(-c4cccc(Cl)c4Cl)o3)sc2c1. The van der Waals surface area contributed by atoms with Crippen LogP contribution in [0.1, 0.15) is 12.7 Å². The molecule has 0 saturated carbocycles. The second-order valence-corrected chi connectivity index (χ2v) is 8.32. The molecule has 2 aromatic carbocycles. The third-order valence-electron chi connectivity index (χ3n) is 4.18. The molecule has 0 bridgehead atoms. The Kier molecular flexibility index (Phi) is 6.08. The molecule has 0 unspecified atom stereocenters. The summed E-state index contributed by atoms with van der Waals surface area (Å²) in [6.45, 7) is 1.44. The van der Waals surface area contributed by atoms with Crippen LogP contribution in [0.3, 0.4) is 0 Å². The van der Waals surface area contributed by atoms with E-state index in [-0.39, 0.29) is 11.8 Å². The minimum absolute atomic E-state index is 0.152. The Bertz CT molecular complexity index is 1330. The summed E-state index contributed by atoms with van der Waals surface area (Å²) < 4.78 is 6.59. The number of nitrogens with zero attached hydrogens (tertiary/aromatic N) is 1. The molecule has 4 aromatic rings. The van der Waals surface area contributed by atoms with E-state index >= 15 is 0 Å². The second kappa shape index (κ2) is 8.93. The predicted molar refractivity (Wildman–Crippen MR) is 126 cm³/mol. The topological polar surface area (TPSA) is 84.2 Å². The number of aromatic nitrogens is 1. The van der Waals surface area contributed by atoms with Crippen molar-refractivity contribution >= 4 is 73.5 Å². The molecule has 9 heteroatoms. The molecular formula is C22H15Cl2N3O3S. The first-order valence-corrected chi connectivity index (χ1v) is 10.7. The number of carbonyl (C=O) groups excluding carboxylic acids is 2. The Hall–Kier alpha value is -3.13. The van der Waals surface area contributed by atoms with Crippen LogP contribution in [0.5, 0.6) is 0 Å². The second-order valence-electron chi connectivity index (χ2n) is 6.51. The molecule has 0 radical (unpaired) electrons. The van der Waals surface area contributed by atoms with E-state index in [4.69, 9.17) is 27.6 Å². The lowest BCUT2D eigenvalue weighted by Crippen LogP contribution is -2.07. The molecule has 0 aliphatic carbocycles. The summed E-state index contributed by atoms with van der Waals surface area (Å²) in [6.07, 6.45) is 2.91. The van der Waals surface area contributed by atoms with Gasteiger partial charge in [0.25, 0.3) is 0 Å². The minimum atomic E-state index is -0.347. The van der Waals surface area contributed by atoms with Crippen LogP contribution in [-0.2, 0) is 9.59 Å². The Labute approximate surface area is 191 Å². The van der Waals surface area contributed by atoms with Crippen LogP contribution in [0, 0.1) is 0 Å². The molecule has 6 nitrogen and oxygen atoms in total. The van der Waals surface area contributed by atoms with Gasteiger partial charge in [-0.1, -0.05) is 40.6 Å². The van der Waals surface area contributed by atoms with Crippen LogP contribution in [0.25, 0.3) is 27.6 Å². The van der Waals surface area contributed by atoms with E-state index in [0.29, 0.717) is 37.9 Å². The fraction of sp³-hybridized carbons (Fsp3) is 0.0455. The Balaban J connectivity index is 1.45. The number of amides is 2. The number of nitrogens with one attached hydrogen (secondary N) is 2. The van der Waals surface area contributed by atoms with Crippen LogP contribution >= 0.6 is 34.5 Å². The standard InChI is InChI=1S/C22H15Cl2N3O3S/c1-12(28)25-13-5-8-17-19(11-13)31-22(26-17)27-20(29)10-7-14-6-9-18(30-14)15-3-2-4-16(23)21(15)24/h2-11H,1H3,(H,25,28)(H,26,27,29). The van der Waals surface area contributed by atoms with Crippen LogP contribution in [0.2, 0.25) is 10.0 Å². The largest absolute Gasteiger partial charge is 0.457 e. The Morgan fingerprint density at radius 1 is 1.10 bits per heavy atom. The zero-order valence-corrected chi connectivity index (χ0v) is 18.4. The van der Waals surface area contributed by atoms with Crippen molar-refractivity contribution in [1.82, 2.24) is 4.98 Å². The van der Waals surface area contributed by atoms with Gasteiger partial charge in [0, 0.05) is 24.3 Å². The number of halogens is 2. The molecule has 31 heavy (non-hydrogen) atoms. The fourth-order valence-electron chi connectivity index (χ4n) is 2.85. The van der Waals surface area contributed by atoms with E-state index in [0.717, 1.165) is 10.2 Å². The van der Waals surface area contributed by atoms with Gasteiger partial charge in [-0.05, 0) is 48.5 Å². The third kappa shape index (κ3) is 4.96. The number of benzene rings is 2. The summed E-state index contributed by atoms with van der Waals surface area (Å²) in [5.41, 5.74) is 2.08. The maximum absolute atomic E-state index is 12.3. The first kappa shape index (κ1) is 21.1. The molecule has 0 atom stereocenters. The van der Waals surface area contributed by atoms with E-state index in [1.165, 1.54) is 24.3 Å². The quantitative estimate of drug-likeness (QED) is 0.326. The van der Waals surface area contributed by atoms with E-state index in [9.17, 15) is 9.59 Å². The van der Waals surface area contributed by atoms with Crippen molar-refractivity contribution in [3.05, 3.63) is 70.4 Å². The first-order valence-electron chi connectivity index (χ1n) is 9.10. The Morgan fingerprint density at radius 2 is 1.94 bits per heavy atom. The fourth-order valence-corrected chi connectivity index (χ4v) is 4.15. The minimum Gasteiger partial charge on any atom is -0.457 e. The van der Waals surface area contributed by atoms with Gasteiger partial charge in [0.2, 0.25) is 11.8 Å². The van der Waals surface area contributed by atoms with Gasteiger partial charge in [0.15, 0.2) is 5.13 Å². The van der Waals surface area contributed by atoms with Crippen molar-refractivity contribution in [2.45, 2.75) is 6.92 Å². The first-order chi connectivity index (χ1) is 14.9. The summed E-state index contributed by atoms with van der Waals surface area (Å²) in [4.78, 5) is 27.9. The molecule has 0 spiro atoms. The van der Waals surface area contributed by atoms with Gasteiger partial charge in [0.05, 0.1) is 20.3 Å². The number of hydrogen-bond acceptors (Lipinski definition) is 5. The van der Waals surface area contributed by atoms with E-state index in [1.807, 2.05) is 6.07 Å². The van der Waals surface area contributed by atoms with Crippen molar-refractivity contribution in [2.24, 2.45) is 0 Å². The average molecular weight is 472 g/mol. The predicted octanol–water partition coefficient (Wildman–Crippen LogP) is 6.47. The van der Waals surface area contributed by atoms with Crippen molar-refractivity contribution in [2.75, 3.05) is 10.6 Å². The number of anilines is 2. The van der Waals surface area contributed by atoms with Gasteiger partial charge < -0.3 is 9.73 Å². The van der Waals surface area contributed by atoms with Gasteiger partial charge >= 0.3 is 0 Å². The molecule has 0 fully saturated rings. The number of hydrogen-bond donors (Lipinski definition) is 2. The van der Waals surface area contributed by atoms with Crippen LogP contribution in [-0.4, -0.2) is 16.8 Å². The van der Waals surface area contributed by atoms with E-state index < -0.39 is 0 Å². The highest BCUT2D eigenvalue weighted by atomic mass is 35.5. The van der Waals surface area contributed by atoms with Gasteiger partial charge in [-0.2, -0.15) is 0 Å². The smallest absolute Gasteiger partial charge is 0.250 e. The van der Waals surface area contributed by atoms with Gasteiger partial charge in [-0.15, -0.1) is 0 Å². The van der Waals surface area contributed by atoms with E-state index in [2.05, 4.69) is 15.6 Å². The molecule has 0 aliphatic rings. The average Bonchev–Trinajstić information content (AvgIpc) is 3.34. The summed E-state index contributed by atoms with van der Waals surface area (Å²) in [7, 11) is 0. The van der Waals surface area contributed by atoms with Gasteiger partial charge in [0.1, 0.15) is 11.5 Å². The number of furan rings is 1. The normalized spacial score (nSPS) is 11.2. The van der Waals surface area contributed by atoms with Gasteiger partial charge in [-0.3, -0.25) is 14.9 Å². The maximum Gasteiger partial charge on any atom is 0.250 e. The molecule has 0 aliphatic heterocycles. The van der Waals surface area contributed by atoms with Crippen LogP contribution < -0.4 is 10.6 Å². The zero-order chi connectivity index (χ0) is 22.0. The zero-order valence-electron chi connectivity index (χ0n) is 16.1. The highest BCUT2D eigenvalue weighted by molar-refractivity contribution is 7.22. The molecule has 2 aromatic heterocycles. The number of fused-ring (bicyclic) bond motifs is 1. The van der Waals surface area contributed by atoms with Crippen LogP contribution in [0.4, 0.5) is 10.8 Å². The molecule has 2 amide bonds. The summed E-state index contributed by atoms with van der Waals surface area (Å²) >= 11 is 13.6. The lowest BCUT2D eigenvalue weighted by atomic mass is 10.2. The lowest BCUT2D eigenvalue weighted by molar-refractivity contribution is -0.114. The van der Waals surface area contributed by atoms with Gasteiger partial charge in [-0.25, -0.2) is 4.98 Å². The molecule has 2 heterocycles. The summed E-state index contributed by atoms with van der Waals surface area (Å²) in [5.74, 6) is 0.542. The summed E-state index contributed by atoms with van der Waals surface area (Å²) in [5, 5.41) is 6.75. The van der Waals surface area contributed by atoms with Crippen molar-refractivity contribution in [1.29, 1.82) is 0 Å². The number of thiazole rings is 1. The monoisotopic (exact) mass is 471 g/mol. The van der Waals surface area contributed by atoms with E-state index in [1.54, 1.807) is 48.5 Å². The van der Waals surface area contributed by atoms with Crippen molar-refractivity contribution < 1.29 is 14.0 Å². The number of carbonyl (C=O) groups is 2. The maximum atomic E-state index is 12.3. The van der Waals surface area contributed by atoms with Crippen molar-refractivity contribution in [3.8, 4) is 11.3 Å². The third-order valence-corrected chi connectivity index (χ3v) is 5.93.